The Morgan fingerprint density at radius 2 is 2.37 bits per heavy atom. The number of halogens is 1. The fraction of sp³-hybridized carbons (Fsp3) is 0.364. The van der Waals surface area contributed by atoms with E-state index in [0.29, 0.717) is 5.75 Å². The van der Waals surface area contributed by atoms with E-state index in [2.05, 4.69) is 10.6 Å². The van der Waals surface area contributed by atoms with E-state index in [-0.39, 0.29) is 17.6 Å². The summed E-state index contributed by atoms with van der Waals surface area (Å²) in [5, 5.41) is 16.1. The van der Waals surface area contributed by atoms with E-state index in [1.165, 1.54) is 6.07 Å². The summed E-state index contributed by atoms with van der Waals surface area (Å²) in [7, 11) is 0. The Kier molecular flexibility index (Phi) is 4.33. The molecular formula is C11H12FN3O3S. The zero-order valence-corrected chi connectivity index (χ0v) is 10.7. The lowest BCUT2D eigenvalue weighted by atomic mass is 10.2. The highest BCUT2D eigenvalue weighted by Gasteiger charge is 2.21. The molecule has 0 spiro atoms. The van der Waals surface area contributed by atoms with Crippen LogP contribution < -0.4 is 10.6 Å². The molecule has 0 bridgehead atoms. The molecule has 1 aliphatic rings. The van der Waals surface area contributed by atoms with Crippen LogP contribution in [0.5, 0.6) is 0 Å². The summed E-state index contributed by atoms with van der Waals surface area (Å²) in [5.74, 6) is 0.381. The molecule has 1 heterocycles. The SMILES string of the molecule is O=C(Nc1ccc([N+](=O)[O-])c(F)c1)C1CSCCN1. The Balaban J connectivity index is 2.04. The number of anilines is 1. The third-order valence-corrected chi connectivity index (χ3v) is 3.71. The first-order valence-electron chi connectivity index (χ1n) is 5.64. The van der Waals surface area contributed by atoms with Gasteiger partial charge in [-0.1, -0.05) is 0 Å². The fourth-order valence-corrected chi connectivity index (χ4v) is 2.63. The van der Waals surface area contributed by atoms with Crippen LogP contribution in [0.2, 0.25) is 0 Å². The number of thioether (sulfide) groups is 1. The lowest BCUT2D eigenvalue weighted by Crippen LogP contribution is -2.46. The van der Waals surface area contributed by atoms with E-state index in [4.69, 9.17) is 0 Å². The molecule has 0 radical (unpaired) electrons. The first kappa shape index (κ1) is 13.8. The number of carbonyl (C=O) groups excluding carboxylic acids is 1. The number of nitrogens with one attached hydrogen (secondary N) is 2. The van der Waals surface area contributed by atoms with E-state index in [1.807, 2.05) is 0 Å². The molecule has 0 aromatic heterocycles. The number of nitro groups is 1. The van der Waals surface area contributed by atoms with E-state index < -0.39 is 16.4 Å². The lowest BCUT2D eigenvalue weighted by molar-refractivity contribution is -0.387. The minimum Gasteiger partial charge on any atom is -0.325 e. The molecule has 1 atom stereocenters. The van der Waals surface area contributed by atoms with Crippen LogP contribution in [0, 0.1) is 15.9 Å². The Bertz CT molecular complexity index is 506. The molecule has 1 fully saturated rings. The Hall–Kier alpha value is -1.67. The van der Waals surface area contributed by atoms with Gasteiger partial charge >= 0.3 is 5.69 Å². The van der Waals surface area contributed by atoms with Gasteiger partial charge in [-0.2, -0.15) is 16.2 Å². The van der Waals surface area contributed by atoms with Crippen LogP contribution in [0.25, 0.3) is 0 Å². The molecule has 1 aromatic carbocycles. The topological polar surface area (TPSA) is 84.3 Å². The van der Waals surface area contributed by atoms with Crippen molar-refractivity contribution in [2.75, 3.05) is 23.4 Å². The number of rotatable bonds is 3. The van der Waals surface area contributed by atoms with Gasteiger partial charge in [0.15, 0.2) is 0 Å². The van der Waals surface area contributed by atoms with E-state index in [1.54, 1.807) is 11.8 Å². The number of nitro benzene ring substituents is 1. The standard InChI is InChI=1S/C11H12FN3O3S/c12-8-5-7(1-2-10(8)15(17)18)14-11(16)9-6-19-4-3-13-9/h1-2,5,9,13H,3-4,6H2,(H,14,16). The number of carbonyl (C=O) groups is 1. The van der Waals surface area contributed by atoms with Gasteiger partial charge in [0, 0.05) is 35.9 Å². The molecule has 6 nitrogen and oxygen atoms in total. The zero-order chi connectivity index (χ0) is 13.8. The molecule has 1 aliphatic heterocycles. The van der Waals surface area contributed by atoms with Crippen LogP contribution in [-0.4, -0.2) is 34.9 Å². The average Bonchev–Trinajstić information content (AvgIpc) is 2.39. The van der Waals surface area contributed by atoms with Crippen molar-refractivity contribution in [3.8, 4) is 0 Å². The van der Waals surface area contributed by atoms with Crippen molar-refractivity contribution in [2.45, 2.75) is 6.04 Å². The zero-order valence-electron chi connectivity index (χ0n) is 9.89. The van der Waals surface area contributed by atoms with Crippen molar-refractivity contribution in [1.29, 1.82) is 0 Å². The van der Waals surface area contributed by atoms with Crippen LogP contribution in [0.15, 0.2) is 18.2 Å². The molecule has 0 saturated carbocycles. The Morgan fingerprint density at radius 3 is 2.95 bits per heavy atom. The molecule has 1 aromatic rings. The fourth-order valence-electron chi connectivity index (χ4n) is 1.70. The molecule has 0 aliphatic carbocycles. The molecule has 19 heavy (non-hydrogen) atoms. The van der Waals surface area contributed by atoms with E-state index in [0.717, 1.165) is 24.4 Å². The second-order valence-corrected chi connectivity index (χ2v) is 5.14. The van der Waals surface area contributed by atoms with Gasteiger partial charge in [0.25, 0.3) is 0 Å². The normalized spacial score (nSPS) is 18.9. The molecule has 1 saturated heterocycles. The summed E-state index contributed by atoms with van der Waals surface area (Å²) in [6.07, 6.45) is 0. The summed E-state index contributed by atoms with van der Waals surface area (Å²) in [4.78, 5) is 21.5. The summed E-state index contributed by atoms with van der Waals surface area (Å²) < 4.78 is 13.4. The Morgan fingerprint density at radius 1 is 1.58 bits per heavy atom. The van der Waals surface area contributed by atoms with Gasteiger partial charge in [-0.3, -0.25) is 14.9 Å². The minimum atomic E-state index is -0.964. The molecule has 1 unspecified atom stereocenters. The molecule has 1 amide bonds. The van der Waals surface area contributed by atoms with Crippen LogP contribution in [-0.2, 0) is 4.79 Å². The maximum absolute atomic E-state index is 13.4. The molecule has 2 rings (SSSR count). The highest BCUT2D eigenvalue weighted by molar-refractivity contribution is 7.99. The minimum absolute atomic E-state index is 0.213. The van der Waals surface area contributed by atoms with Crippen molar-refractivity contribution in [1.82, 2.24) is 5.32 Å². The largest absolute Gasteiger partial charge is 0.325 e. The number of nitrogens with zero attached hydrogens (tertiary/aromatic N) is 1. The summed E-state index contributed by atoms with van der Waals surface area (Å²) in [6.45, 7) is 0.747. The van der Waals surface area contributed by atoms with Crippen molar-refractivity contribution in [2.24, 2.45) is 0 Å². The van der Waals surface area contributed by atoms with Gasteiger partial charge < -0.3 is 10.6 Å². The van der Waals surface area contributed by atoms with Gasteiger partial charge in [-0.05, 0) is 6.07 Å². The van der Waals surface area contributed by atoms with Crippen molar-refractivity contribution < 1.29 is 14.1 Å². The van der Waals surface area contributed by atoms with Crippen LogP contribution in [0.3, 0.4) is 0 Å². The predicted molar refractivity (Wildman–Crippen MR) is 70.8 cm³/mol. The summed E-state index contributed by atoms with van der Waals surface area (Å²) >= 11 is 1.66. The first-order valence-corrected chi connectivity index (χ1v) is 6.79. The summed E-state index contributed by atoms with van der Waals surface area (Å²) in [5.41, 5.74) is -0.394. The van der Waals surface area contributed by atoms with Crippen molar-refractivity contribution >= 4 is 29.0 Å². The molecular weight excluding hydrogens is 273 g/mol. The second kappa shape index (κ2) is 5.98. The van der Waals surface area contributed by atoms with Gasteiger partial charge in [-0.15, -0.1) is 0 Å². The van der Waals surface area contributed by atoms with Crippen molar-refractivity contribution in [3.05, 3.63) is 34.1 Å². The summed E-state index contributed by atoms with van der Waals surface area (Å²) in [6, 6.07) is 2.98. The second-order valence-electron chi connectivity index (χ2n) is 3.99. The van der Waals surface area contributed by atoms with Gasteiger partial charge in [0.2, 0.25) is 11.7 Å². The first-order chi connectivity index (χ1) is 9.08. The quantitative estimate of drug-likeness (QED) is 0.647. The monoisotopic (exact) mass is 285 g/mol. The van der Waals surface area contributed by atoms with Gasteiger partial charge in [0.05, 0.1) is 11.0 Å². The van der Waals surface area contributed by atoms with E-state index >= 15 is 0 Å². The third kappa shape index (κ3) is 3.42. The number of amides is 1. The van der Waals surface area contributed by atoms with Crippen LogP contribution >= 0.6 is 11.8 Å². The smallest absolute Gasteiger partial charge is 0.304 e. The Labute approximate surface area is 112 Å². The molecule has 102 valence electrons. The third-order valence-electron chi connectivity index (χ3n) is 2.65. The van der Waals surface area contributed by atoms with E-state index in [9.17, 15) is 19.3 Å². The predicted octanol–water partition coefficient (Wildman–Crippen LogP) is 1.38. The highest BCUT2D eigenvalue weighted by Crippen LogP contribution is 2.21. The molecule has 8 heteroatoms. The number of benzene rings is 1. The lowest BCUT2D eigenvalue weighted by Gasteiger charge is -2.22. The van der Waals surface area contributed by atoms with Gasteiger partial charge in [0.1, 0.15) is 0 Å². The van der Waals surface area contributed by atoms with Crippen molar-refractivity contribution in [3.63, 3.8) is 0 Å². The van der Waals surface area contributed by atoms with Crippen LogP contribution in [0.1, 0.15) is 0 Å². The van der Waals surface area contributed by atoms with Gasteiger partial charge in [-0.25, -0.2) is 0 Å². The molecule has 2 N–H and O–H groups in total. The van der Waals surface area contributed by atoms with Crippen LogP contribution in [0.4, 0.5) is 15.8 Å². The number of hydrogen-bond donors (Lipinski definition) is 2. The average molecular weight is 285 g/mol. The maximum Gasteiger partial charge on any atom is 0.304 e. The highest BCUT2D eigenvalue weighted by atomic mass is 32.2. The number of hydrogen-bond acceptors (Lipinski definition) is 5. The maximum atomic E-state index is 13.4.